The van der Waals surface area contributed by atoms with E-state index in [0.717, 1.165) is 18.8 Å². The first-order valence-corrected chi connectivity index (χ1v) is 11.0. The molecule has 5 N–H and O–H groups in total. The average Bonchev–Trinajstić information content (AvgIpc) is 2.73. The van der Waals surface area contributed by atoms with Crippen LogP contribution in [0.3, 0.4) is 0 Å². The summed E-state index contributed by atoms with van der Waals surface area (Å²) in [7, 11) is -4.25. The van der Waals surface area contributed by atoms with Crippen LogP contribution < -0.4 is 9.62 Å². The zero-order valence-electron chi connectivity index (χ0n) is 16.7. The van der Waals surface area contributed by atoms with Gasteiger partial charge in [0.15, 0.2) is 11.2 Å². The van der Waals surface area contributed by atoms with Gasteiger partial charge in [0, 0.05) is 25.3 Å². The van der Waals surface area contributed by atoms with Gasteiger partial charge in [-0.25, -0.2) is 13.1 Å². The number of nitrogens with one attached hydrogen (secondary N) is 1. The Bertz CT molecular complexity index is 878. The van der Waals surface area contributed by atoms with Crippen LogP contribution in [0, 0.1) is 11.3 Å². The average molecular weight is 442 g/mol. The van der Waals surface area contributed by atoms with Gasteiger partial charge in [-0.3, -0.25) is 0 Å². The first-order chi connectivity index (χ1) is 14.1. The van der Waals surface area contributed by atoms with Crippen LogP contribution in [0.1, 0.15) is 19.4 Å². The number of nitrogens with zero attached hydrogens (tertiary/aromatic N) is 2. The fourth-order valence-electron chi connectivity index (χ4n) is 3.06. The Morgan fingerprint density at radius 2 is 1.73 bits per heavy atom. The largest absolute Gasteiger partial charge is 0.388 e. The van der Waals surface area contributed by atoms with Crippen molar-refractivity contribution in [3.8, 4) is 6.07 Å². The summed E-state index contributed by atoms with van der Waals surface area (Å²) in [6, 6.07) is 8.68. The Kier molecular flexibility index (Phi) is 8.34. The van der Waals surface area contributed by atoms with Gasteiger partial charge in [-0.15, -0.1) is 0 Å². The Morgan fingerprint density at radius 3 is 2.27 bits per heavy atom. The topological polar surface area (TPSA) is 163 Å². The molecular weight excluding hydrogens is 414 g/mol. The summed E-state index contributed by atoms with van der Waals surface area (Å²) in [6.07, 6.45) is -6.96. The highest BCUT2D eigenvalue weighted by molar-refractivity contribution is 7.93. The highest BCUT2D eigenvalue weighted by Crippen LogP contribution is 2.21. The Hall–Kier alpha value is -2.04. The Morgan fingerprint density at radius 1 is 1.13 bits per heavy atom. The minimum atomic E-state index is -4.25. The van der Waals surface area contributed by atoms with Crippen molar-refractivity contribution < 1.29 is 33.6 Å². The number of aliphatic hydroxyl groups excluding tert-OH is 4. The number of rotatable bonds is 8. The highest BCUT2D eigenvalue weighted by Gasteiger charge is 2.43. The lowest BCUT2D eigenvalue weighted by atomic mass is 9.99. The molecule has 1 heterocycles. The van der Waals surface area contributed by atoms with Crippen LogP contribution in [-0.2, 0) is 14.8 Å². The quantitative estimate of drug-likeness (QED) is 0.322. The van der Waals surface area contributed by atoms with Gasteiger partial charge >= 0.3 is 0 Å². The van der Waals surface area contributed by atoms with E-state index in [1.54, 1.807) is 18.2 Å². The van der Waals surface area contributed by atoms with Gasteiger partial charge in [0.1, 0.15) is 30.5 Å². The molecule has 0 amide bonds. The van der Waals surface area contributed by atoms with Crippen LogP contribution in [0.25, 0.3) is 6.08 Å². The third-order valence-corrected chi connectivity index (χ3v) is 6.22. The number of allylic oxidation sites excluding steroid dienone is 1. The smallest absolute Gasteiger partial charge is 0.250 e. The van der Waals surface area contributed by atoms with E-state index in [-0.39, 0.29) is 0 Å². The van der Waals surface area contributed by atoms with Crippen molar-refractivity contribution in [3.05, 3.63) is 34.7 Å². The van der Waals surface area contributed by atoms with Crippen molar-refractivity contribution in [3.63, 3.8) is 0 Å². The molecular formula is C19H27N3O7S. The summed E-state index contributed by atoms with van der Waals surface area (Å²) in [5, 5.41) is 47.9. The van der Waals surface area contributed by atoms with Crippen LogP contribution in [-0.4, -0.2) is 79.2 Å². The fourth-order valence-corrected chi connectivity index (χ4v) is 4.01. The van der Waals surface area contributed by atoms with E-state index in [1.807, 2.05) is 26.0 Å². The maximum Gasteiger partial charge on any atom is 0.250 e. The van der Waals surface area contributed by atoms with Gasteiger partial charge in [-0.2, -0.15) is 5.26 Å². The van der Waals surface area contributed by atoms with Crippen molar-refractivity contribution in [2.24, 2.45) is 0 Å². The predicted molar refractivity (Wildman–Crippen MR) is 109 cm³/mol. The van der Waals surface area contributed by atoms with Crippen LogP contribution in [0.15, 0.2) is 29.2 Å². The number of anilines is 1. The predicted octanol–water partition coefficient (Wildman–Crippen LogP) is -0.883. The number of ether oxygens (including phenoxy) is 1. The normalized spacial score (nSPS) is 27.5. The van der Waals surface area contributed by atoms with Crippen molar-refractivity contribution >= 4 is 21.8 Å². The SMILES string of the molecule is CCN(CC)c1ccc(/C=C(\C#N)S(=O)(=O)NC[C@H]2OC(O)[C@H](O)[C@@H](O)[C@@H]2O)cc1. The molecule has 2 rings (SSSR count). The van der Waals surface area contributed by atoms with Crippen LogP contribution in [0.4, 0.5) is 5.69 Å². The molecule has 1 fully saturated rings. The van der Waals surface area contributed by atoms with Gasteiger partial charge in [0.05, 0.1) is 0 Å². The van der Waals surface area contributed by atoms with E-state index >= 15 is 0 Å². The number of sulfonamides is 1. The van der Waals surface area contributed by atoms with Crippen molar-refractivity contribution in [2.75, 3.05) is 24.5 Å². The molecule has 10 nitrogen and oxygen atoms in total. The molecule has 1 aromatic carbocycles. The summed E-state index contributed by atoms with van der Waals surface area (Å²) in [6.45, 7) is 5.17. The molecule has 0 aliphatic carbocycles. The molecule has 11 heteroatoms. The summed E-state index contributed by atoms with van der Waals surface area (Å²) in [5.41, 5.74) is 1.48. The monoisotopic (exact) mass is 441 g/mol. The van der Waals surface area contributed by atoms with Crippen molar-refractivity contribution in [1.82, 2.24) is 4.72 Å². The molecule has 166 valence electrons. The Labute approximate surface area is 175 Å². The number of benzene rings is 1. The lowest BCUT2D eigenvalue weighted by Crippen LogP contribution is -2.59. The lowest BCUT2D eigenvalue weighted by molar-refractivity contribution is -0.279. The molecule has 1 unspecified atom stereocenters. The zero-order valence-corrected chi connectivity index (χ0v) is 17.5. The summed E-state index contributed by atoms with van der Waals surface area (Å²) < 4.78 is 32.0. The zero-order chi connectivity index (χ0) is 22.5. The maximum atomic E-state index is 12.5. The van der Waals surface area contributed by atoms with Crippen LogP contribution in [0.5, 0.6) is 0 Å². The molecule has 1 aliphatic rings. The second-order valence-electron chi connectivity index (χ2n) is 6.77. The molecule has 30 heavy (non-hydrogen) atoms. The van der Waals surface area contributed by atoms with Gasteiger partial charge < -0.3 is 30.1 Å². The Balaban J connectivity index is 2.12. The molecule has 5 atom stereocenters. The van der Waals surface area contributed by atoms with Crippen molar-refractivity contribution in [2.45, 2.75) is 44.6 Å². The minimum absolute atomic E-state index is 0.510. The lowest BCUT2D eigenvalue weighted by Gasteiger charge is -2.38. The second-order valence-corrected chi connectivity index (χ2v) is 8.51. The number of hydrogen-bond donors (Lipinski definition) is 5. The first kappa shape index (κ1) is 24.2. The number of nitriles is 1. The molecule has 0 spiro atoms. The summed E-state index contributed by atoms with van der Waals surface area (Å²) in [4.78, 5) is 1.57. The highest BCUT2D eigenvalue weighted by atomic mass is 32.2. The van der Waals surface area contributed by atoms with Gasteiger partial charge in [-0.1, -0.05) is 12.1 Å². The molecule has 1 aliphatic heterocycles. The summed E-state index contributed by atoms with van der Waals surface area (Å²) in [5.74, 6) is 0. The van der Waals surface area contributed by atoms with Gasteiger partial charge in [-0.05, 0) is 37.6 Å². The number of hydrogen-bond acceptors (Lipinski definition) is 9. The van der Waals surface area contributed by atoms with E-state index in [0.29, 0.717) is 5.56 Å². The van der Waals surface area contributed by atoms with E-state index in [1.165, 1.54) is 6.08 Å². The molecule has 1 saturated heterocycles. The molecule has 0 bridgehead atoms. The third-order valence-electron chi connectivity index (χ3n) is 4.88. The van der Waals surface area contributed by atoms with Crippen LogP contribution >= 0.6 is 0 Å². The molecule has 0 saturated carbocycles. The molecule has 1 aromatic rings. The van der Waals surface area contributed by atoms with E-state index < -0.39 is 52.2 Å². The van der Waals surface area contributed by atoms with E-state index in [2.05, 4.69) is 9.62 Å². The fraction of sp³-hybridized carbons (Fsp3) is 0.526. The third kappa shape index (κ3) is 5.55. The minimum Gasteiger partial charge on any atom is -0.388 e. The second kappa shape index (κ2) is 10.3. The standard InChI is InChI=1S/C19H27N3O7S/c1-3-22(4-2)13-7-5-12(6-8-13)9-14(10-20)30(27,28)21-11-15-16(23)17(24)18(25)19(26)29-15/h5-9,15-19,21,23-26H,3-4,11H2,1-2H3/b14-9+/t15-,16-,17+,18-,19?/m1/s1. The van der Waals surface area contributed by atoms with E-state index in [4.69, 9.17) is 4.74 Å². The van der Waals surface area contributed by atoms with Gasteiger partial charge in [0.25, 0.3) is 10.0 Å². The summed E-state index contributed by atoms with van der Waals surface area (Å²) >= 11 is 0. The first-order valence-electron chi connectivity index (χ1n) is 9.48. The molecule has 0 aromatic heterocycles. The maximum absolute atomic E-state index is 12.5. The van der Waals surface area contributed by atoms with Gasteiger partial charge in [0.2, 0.25) is 0 Å². The van der Waals surface area contributed by atoms with Crippen LogP contribution in [0.2, 0.25) is 0 Å². The molecule has 0 radical (unpaired) electrons. The van der Waals surface area contributed by atoms with E-state index in [9.17, 15) is 34.1 Å². The number of aliphatic hydroxyl groups is 4. The van der Waals surface area contributed by atoms with Crippen molar-refractivity contribution in [1.29, 1.82) is 5.26 Å².